The average Bonchev–Trinajstić information content (AvgIpc) is 1.61. The number of primary amides is 1. The predicted molar refractivity (Wildman–Crippen MR) is 28.8 cm³/mol. The molecule has 0 aliphatic carbocycles. The third kappa shape index (κ3) is 5.50. The molecule has 0 aliphatic heterocycles. The smallest absolute Gasteiger partial charge is 0.221 e. The SMILES string of the molecule is NC(=O)CC=CCl. The van der Waals surface area contributed by atoms with Gasteiger partial charge in [0.05, 0.1) is 0 Å². The number of halogens is 1. The average molecular weight is 120 g/mol. The van der Waals surface area contributed by atoms with E-state index in [1.54, 1.807) is 0 Å². The van der Waals surface area contributed by atoms with E-state index < -0.39 is 0 Å². The van der Waals surface area contributed by atoms with Crippen molar-refractivity contribution in [2.45, 2.75) is 6.42 Å². The molecule has 2 nitrogen and oxygen atoms in total. The highest BCUT2D eigenvalue weighted by Gasteiger charge is 1.82. The Balaban J connectivity index is 3.14. The molecule has 0 spiro atoms. The Morgan fingerprint density at radius 1 is 1.86 bits per heavy atom. The summed E-state index contributed by atoms with van der Waals surface area (Å²) in [6, 6.07) is 0. The van der Waals surface area contributed by atoms with Crippen LogP contribution in [0.1, 0.15) is 6.42 Å². The third-order valence-corrected chi connectivity index (χ3v) is 0.586. The van der Waals surface area contributed by atoms with Crippen LogP contribution >= 0.6 is 11.6 Å². The molecule has 2 N–H and O–H groups in total. The fraction of sp³-hybridized carbons (Fsp3) is 0.250. The van der Waals surface area contributed by atoms with Crippen LogP contribution in [0, 0.1) is 0 Å². The van der Waals surface area contributed by atoms with Gasteiger partial charge in [0.1, 0.15) is 0 Å². The highest BCUT2D eigenvalue weighted by molar-refractivity contribution is 6.25. The molecule has 0 bridgehead atoms. The Hall–Kier alpha value is -0.500. The topological polar surface area (TPSA) is 43.1 Å². The van der Waals surface area contributed by atoms with Crippen LogP contribution in [0.4, 0.5) is 0 Å². The quantitative estimate of drug-likeness (QED) is 0.569. The second-order valence-corrected chi connectivity index (χ2v) is 1.28. The van der Waals surface area contributed by atoms with Gasteiger partial charge in [-0.05, 0) is 0 Å². The van der Waals surface area contributed by atoms with E-state index in [1.165, 1.54) is 11.6 Å². The summed E-state index contributed by atoms with van der Waals surface area (Å²) in [5.74, 6) is -0.364. The molecular weight excluding hydrogens is 114 g/mol. The molecule has 40 valence electrons. The van der Waals surface area contributed by atoms with Crippen LogP contribution in [-0.4, -0.2) is 5.91 Å². The molecule has 7 heavy (non-hydrogen) atoms. The fourth-order valence-electron chi connectivity index (χ4n) is 0.161. The van der Waals surface area contributed by atoms with E-state index in [1.807, 2.05) is 0 Å². The summed E-state index contributed by atoms with van der Waals surface area (Å²) in [4.78, 5) is 9.87. The summed E-state index contributed by atoms with van der Waals surface area (Å²) in [7, 11) is 0. The highest BCUT2D eigenvalue weighted by atomic mass is 35.5. The van der Waals surface area contributed by atoms with Gasteiger partial charge in [-0.3, -0.25) is 4.79 Å². The molecule has 0 aromatic rings. The van der Waals surface area contributed by atoms with E-state index >= 15 is 0 Å². The largest absolute Gasteiger partial charge is 0.369 e. The summed E-state index contributed by atoms with van der Waals surface area (Å²) < 4.78 is 0. The number of carbonyl (C=O) groups is 1. The number of amides is 1. The molecule has 0 radical (unpaired) electrons. The Morgan fingerprint density at radius 3 is 2.57 bits per heavy atom. The second-order valence-electron chi connectivity index (χ2n) is 1.03. The van der Waals surface area contributed by atoms with Gasteiger partial charge in [0.25, 0.3) is 0 Å². The van der Waals surface area contributed by atoms with Crippen LogP contribution in [0.25, 0.3) is 0 Å². The summed E-state index contributed by atoms with van der Waals surface area (Å²) in [5, 5.41) is 0. The van der Waals surface area contributed by atoms with E-state index in [0.29, 0.717) is 0 Å². The zero-order valence-corrected chi connectivity index (χ0v) is 4.48. The van der Waals surface area contributed by atoms with Gasteiger partial charge < -0.3 is 5.73 Å². The molecule has 0 fully saturated rings. The molecule has 0 unspecified atom stereocenters. The third-order valence-electron chi connectivity index (χ3n) is 0.408. The van der Waals surface area contributed by atoms with Crippen LogP contribution in [0.2, 0.25) is 0 Å². The van der Waals surface area contributed by atoms with E-state index in [9.17, 15) is 4.79 Å². The van der Waals surface area contributed by atoms with E-state index in [0.717, 1.165) is 0 Å². The second kappa shape index (κ2) is 3.68. The van der Waals surface area contributed by atoms with Crippen molar-refractivity contribution < 1.29 is 4.79 Å². The Morgan fingerprint density at radius 2 is 2.43 bits per heavy atom. The molecular formula is C4H6ClNO. The molecule has 0 atom stereocenters. The monoisotopic (exact) mass is 119 g/mol. The lowest BCUT2D eigenvalue weighted by Gasteiger charge is -1.78. The molecule has 0 saturated heterocycles. The van der Waals surface area contributed by atoms with E-state index in [4.69, 9.17) is 17.3 Å². The molecule has 0 saturated carbocycles. The Bertz CT molecular complexity index is 89.7. The number of hydrogen-bond donors (Lipinski definition) is 1. The van der Waals surface area contributed by atoms with Crippen molar-refractivity contribution in [3.05, 3.63) is 11.6 Å². The first-order valence-corrected chi connectivity index (χ1v) is 2.24. The number of carbonyl (C=O) groups excluding carboxylic acids is 1. The molecule has 0 rings (SSSR count). The number of rotatable bonds is 2. The van der Waals surface area contributed by atoms with Crippen LogP contribution < -0.4 is 5.73 Å². The van der Waals surface area contributed by atoms with Gasteiger partial charge in [0.15, 0.2) is 0 Å². The van der Waals surface area contributed by atoms with Crippen LogP contribution in [-0.2, 0) is 4.79 Å². The maximum absolute atomic E-state index is 9.87. The van der Waals surface area contributed by atoms with Crippen molar-refractivity contribution in [2.24, 2.45) is 5.73 Å². The minimum atomic E-state index is -0.364. The van der Waals surface area contributed by atoms with Crippen molar-refractivity contribution in [3.63, 3.8) is 0 Å². The van der Waals surface area contributed by atoms with E-state index in [-0.39, 0.29) is 12.3 Å². The number of nitrogens with two attached hydrogens (primary N) is 1. The van der Waals surface area contributed by atoms with E-state index in [2.05, 4.69) is 0 Å². The molecule has 3 heteroatoms. The lowest BCUT2D eigenvalue weighted by atomic mass is 10.4. The minimum Gasteiger partial charge on any atom is -0.369 e. The zero-order valence-electron chi connectivity index (χ0n) is 3.73. The first-order chi connectivity index (χ1) is 3.27. The van der Waals surface area contributed by atoms with Crippen LogP contribution in [0.5, 0.6) is 0 Å². The predicted octanol–water partition coefficient (Wildman–Crippen LogP) is 0.614. The number of hydrogen-bond acceptors (Lipinski definition) is 1. The Kier molecular flexibility index (Phi) is 3.42. The van der Waals surface area contributed by atoms with Gasteiger partial charge in [-0.15, -0.1) is 0 Å². The Labute approximate surface area is 46.9 Å². The molecule has 0 aromatic heterocycles. The van der Waals surface area contributed by atoms with Crippen molar-refractivity contribution in [3.8, 4) is 0 Å². The van der Waals surface area contributed by atoms with Crippen LogP contribution in [0.3, 0.4) is 0 Å². The maximum atomic E-state index is 9.87. The van der Waals surface area contributed by atoms with Gasteiger partial charge in [0, 0.05) is 12.0 Å². The molecule has 0 aliphatic rings. The van der Waals surface area contributed by atoms with Crippen molar-refractivity contribution in [2.75, 3.05) is 0 Å². The summed E-state index contributed by atoms with van der Waals surface area (Å²) in [5.41, 5.74) is 6.00. The molecule has 0 heterocycles. The highest BCUT2D eigenvalue weighted by Crippen LogP contribution is 1.82. The lowest BCUT2D eigenvalue weighted by molar-refractivity contribution is -0.117. The zero-order chi connectivity index (χ0) is 5.70. The van der Waals surface area contributed by atoms with Gasteiger partial charge in [-0.1, -0.05) is 17.7 Å². The van der Waals surface area contributed by atoms with Crippen LogP contribution in [0.15, 0.2) is 11.6 Å². The first-order valence-electron chi connectivity index (χ1n) is 1.81. The lowest BCUT2D eigenvalue weighted by Crippen LogP contribution is -2.07. The molecule has 1 amide bonds. The summed E-state index contributed by atoms with van der Waals surface area (Å²) >= 11 is 5.06. The van der Waals surface area contributed by atoms with Gasteiger partial charge in [-0.2, -0.15) is 0 Å². The van der Waals surface area contributed by atoms with Gasteiger partial charge in [-0.25, -0.2) is 0 Å². The van der Waals surface area contributed by atoms with Gasteiger partial charge >= 0.3 is 0 Å². The standard InChI is InChI=1S/C4H6ClNO/c5-3-1-2-4(6)7/h1,3H,2H2,(H2,6,7). The summed E-state index contributed by atoms with van der Waals surface area (Å²) in [6.45, 7) is 0. The maximum Gasteiger partial charge on any atom is 0.221 e. The minimum absolute atomic E-state index is 0.226. The van der Waals surface area contributed by atoms with Crippen molar-refractivity contribution >= 4 is 17.5 Å². The summed E-state index contributed by atoms with van der Waals surface area (Å²) in [6.07, 6.45) is 1.72. The van der Waals surface area contributed by atoms with Gasteiger partial charge in [0.2, 0.25) is 5.91 Å². The van der Waals surface area contributed by atoms with Crippen molar-refractivity contribution in [1.82, 2.24) is 0 Å². The fourth-order valence-corrected chi connectivity index (χ4v) is 0.250. The van der Waals surface area contributed by atoms with Crippen molar-refractivity contribution in [1.29, 1.82) is 0 Å². The normalized spacial score (nSPS) is 9.86. The molecule has 0 aromatic carbocycles. The first kappa shape index (κ1) is 6.50.